The normalized spacial score (nSPS) is 10.9. The van der Waals surface area contributed by atoms with E-state index in [0.29, 0.717) is 18.7 Å². The zero-order chi connectivity index (χ0) is 16.2. The van der Waals surface area contributed by atoms with Crippen molar-refractivity contribution in [3.05, 3.63) is 41.6 Å². The number of amides is 1. The van der Waals surface area contributed by atoms with Crippen molar-refractivity contribution < 1.29 is 9.90 Å². The lowest BCUT2D eigenvalue weighted by molar-refractivity contribution is -0.112. The molecule has 0 aliphatic rings. The number of unbranched alkanes of at least 4 members (excludes halogenated alkanes) is 1. The van der Waals surface area contributed by atoms with Gasteiger partial charge in [0.25, 0.3) is 5.91 Å². The van der Waals surface area contributed by atoms with Gasteiger partial charge in [-0.15, -0.1) is 0 Å². The zero-order valence-electron chi connectivity index (χ0n) is 12.9. The number of rotatable bonds is 9. The van der Waals surface area contributed by atoms with Crippen LogP contribution in [0.3, 0.4) is 0 Å². The third kappa shape index (κ3) is 6.42. The average Bonchev–Trinajstić information content (AvgIpc) is 2.54. The van der Waals surface area contributed by atoms with Gasteiger partial charge in [0, 0.05) is 25.0 Å². The molecule has 0 heterocycles. The second kappa shape index (κ2) is 10.4. The minimum absolute atomic E-state index is 0.00741. The molecule has 118 valence electrons. The Hall–Kier alpha value is -2.32. The van der Waals surface area contributed by atoms with Crippen LogP contribution in [0.1, 0.15) is 31.7 Å². The Morgan fingerprint density at radius 1 is 1.32 bits per heavy atom. The number of aliphatic hydroxyl groups is 1. The SMILES string of the molecule is CCCCc1ccc(NC(=O)/C(C#N)=C\NCCCO)cc1. The van der Waals surface area contributed by atoms with E-state index < -0.39 is 5.91 Å². The number of benzene rings is 1. The van der Waals surface area contributed by atoms with E-state index in [1.54, 1.807) is 0 Å². The minimum atomic E-state index is -0.444. The third-order valence-electron chi connectivity index (χ3n) is 3.12. The molecule has 0 atom stereocenters. The van der Waals surface area contributed by atoms with Crippen LogP contribution in [0, 0.1) is 11.3 Å². The molecule has 0 saturated heterocycles. The van der Waals surface area contributed by atoms with Crippen molar-refractivity contribution in [1.82, 2.24) is 5.32 Å². The van der Waals surface area contributed by atoms with Crippen LogP contribution in [0.2, 0.25) is 0 Å². The van der Waals surface area contributed by atoms with E-state index in [4.69, 9.17) is 10.4 Å². The number of carbonyl (C=O) groups excluding carboxylic acids is 1. The maximum Gasteiger partial charge on any atom is 0.267 e. The molecule has 1 amide bonds. The first-order valence-corrected chi connectivity index (χ1v) is 7.56. The number of hydrogen-bond donors (Lipinski definition) is 3. The van der Waals surface area contributed by atoms with E-state index in [9.17, 15) is 4.79 Å². The molecular formula is C17H23N3O2. The highest BCUT2D eigenvalue weighted by atomic mass is 16.3. The summed E-state index contributed by atoms with van der Waals surface area (Å²) < 4.78 is 0. The number of hydrogen-bond acceptors (Lipinski definition) is 4. The lowest BCUT2D eigenvalue weighted by Crippen LogP contribution is -2.17. The van der Waals surface area contributed by atoms with Gasteiger partial charge in [-0.25, -0.2) is 0 Å². The van der Waals surface area contributed by atoms with Gasteiger partial charge in [0.15, 0.2) is 0 Å². The van der Waals surface area contributed by atoms with Gasteiger partial charge in [-0.2, -0.15) is 5.26 Å². The highest BCUT2D eigenvalue weighted by molar-refractivity contribution is 6.06. The van der Waals surface area contributed by atoms with Crippen LogP contribution in [0.25, 0.3) is 0 Å². The van der Waals surface area contributed by atoms with Gasteiger partial charge in [-0.3, -0.25) is 4.79 Å². The molecule has 5 heteroatoms. The molecule has 22 heavy (non-hydrogen) atoms. The largest absolute Gasteiger partial charge is 0.396 e. The van der Waals surface area contributed by atoms with Gasteiger partial charge in [0.05, 0.1) is 0 Å². The van der Waals surface area contributed by atoms with Crippen molar-refractivity contribution in [1.29, 1.82) is 5.26 Å². The predicted octanol–water partition coefficient (Wildman–Crippen LogP) is 2.35. The highest BCUT2D eigenvalue weighted by Crippen LogP contribution is 2.12. The molecule has 0 radical (unpaired) electrons. The Labute approximate surface area is 131 Å². The Balaban J connectivity index is 2.57. The van der Waals surface area contributed by atoms with Crippen LogP contribution in [0.15, 0.2) is 36.0 Å². The topological polar surface area (TPSA) is 85.2 Å². The fourth-order valence-electron chi connectivity index (χ4n) is 1.84. The molecule has 3 N–H and O–H groups in total. The molecule has 0 saturated carbocycles. The van der Waals surface area contributed by atoms with E-state index in [-0.39, 0.29) is 12.2 Å². The maximum absolute atomic E-state index is 12.0. The monoisotopic (exact) mass is 301 g/mol. The second-order valence-corrected chi connectivity index (χ2v) is 4.96. The van der Waals surface area contributed by atoms with Gasteiger partial charge in [0.1, 0.15) is 11.6 Å². The summed E-state index contributed by atoms with van der Waals surface area (Å²) >= 11 is 0. The van der Waals surface area contributed by atoms with Crippen molar-refractivity contribution in [2.75, 3.05) is 18.5 Å². The zero-order valence-corrected chi connectivity index (χ0v) is 12.9. The fourth-order valence-corrected chi connectivity index (χ4v) is 1.84. The van der Waals surface area contributed by atoms with E-state index in [0.717, 1.165) is 19.3 Å². The molecule has 0 aliphatic carbocycles. The molecule has 1 aromatic carbocycles. The van der Waals surface area contributed by atoms with Crippen LogP contribution in [0.5, 0.6) is 0 Å². The summed E-state index contributed by atoms with van der Waals surface area (Å²) in [5.74, 6) is -0.444. The standard InChI is InChI=1S/C17H23N3O2/c1-2-3-5-14-6-8-16(9-7-14)20-17(22)15(12-18)13-19-10-4-11-21/h6-9,13,19,21H,2-5,10-11H2,1H3,(H,20,22)/b15-13-. The molecular weight excluding hydrogens is 278 g/mol. The Morgan fingerprint density at radius 2 is 2.05 bits per heavy atom. The average molecular weight is 301 g/mol. The van der Waals surface area contributed by atoms with Gasteiger partial charge >= 0.3 is 0 Å². The van der Waals surface area contributed by atoms with Gasteiger partial charge < -0.3 is 15.7 Å². The van der Waals surface area contributed by atoms with E-state index in [1.165, 1.54) is 11.8 Å². The molecule has 0 bridgehead atoms. The van der Waals surface area contributed by atoms with Crippen LogP contribution < -0.4 is 10.6 Å². The minimum Gasteiger partial charge on any atom is -0.396 e. The van der Waals surface area contributed by atoms with Crippen LogP contribution in [-0.2, 0) is 11.2 Å². The molecule has 5 nitrogen and oxygen atoms in total. The van der Waals surface area contributed by atoms with Crippen LogP contribution in [-0.4, -0.2) is 24.2 Å². The maximum atomic E-state index is 12.0. The molecule has 1 aromatic rings. The summed E-state index contributed by atoms with van der Waals surface area (Å²) in [7, 11) is 0. The third-order valence-corrected chi connectivity index (χ3v) is 3.12. The van der Waals surface area contributed by atoms with Gasteiger partial charge in [0.2, 0.25) is 0 Å². The molecule has 1 rings (SSSR count). The number of aryl methyl sites for hydroxylation is 1. The van der Waals surface area contributed by atoms with E-state index in [2.05, 4.69) is 17.6 Å². The van der Waals surface area contributed by atoms with Gasteiger partial charge in [-0.05, 0) is 37.0 Å². The highest BCUT2D eigenvalue weighted by Gasteiger charge is 2.08. The quantitative estimate of drug-likeness (QED) is 0.371. The number of carbonyl (C=O) groups is 1. The molecule has 0 unspecified atom stereocenters. The molecule has 0 aromatic heterocycles. The van der Waals surface area contributed by atoms with Crippen LogP contribution in [0.4, 0.5) is 5.69 Å². The second-order valence-electron chi connectivity index (χ2n) is 4.96. The van der Waals surface area contributed by atoms with Crippen molar-refractivity contribution in [3.8, 4) is 6.07 Å². The smallest absolute Gasteiger partial charge is 0.267 e. The van der Waals surface area contributed by atoms with Crippen molar-refractivity contribution in [2.45, 2.75) is 32.6 Å². The summed E-state index contributed by atoms with van der Waals surface area (Å²) in [4.78, 5) is 12.0. The van der Waals surface area contributed by atoms with Crippen LogP contribution >= 0.6 is 0 Å². The fraction of sp³-hybridized carbons (Fsp3) is 0.412. The lowest BCUT2D eigenvalue weighted by Gasteiger charge is -2.06. The number of aliphatic hydroxyl groups excluding tert-OH is 1. The van der Waals surface area contributed by atoms with Crippen molar-refractivity contribution in [3.63, 3.8) is 0 Å². The summed E-state index contributed by atoms with van der Waals surface area (Å²) in [6, 6.07) is 9.52. The Morgan fingerprint density at radius 3 is 2.64 bits per heavy atom. The molecule has 0 fully saturated rings. The van der Waals surface area contributed by atoms with E-state index in [1.807, 2.05) is 30.3 Å². The lowest BCUT2D eigenvalue weighted by atomic mass is 10.1. The summed E-state index contributed by atoms with van der Waals surface area (Å²) in [6.45, 7) is 2.74. The molecule has 0 aliphatic heterocycles. The molecule has 0 spiro atoms. The number of nitrogens with one attached hydrogen (secondary N) is 2. The van der Waals surface area contributed by atoms with Crippen molar-refractivity contribution >= 4 is 11.6 Å². The Bertz CT molecular complexity index is 530. The first-order valence-electron chi connectivity index (χ1n) is 7.56. The first kappa shape index (κ1) is 17.7. The Kier molecular flexibility index (Phi) is 8.39. The summed E-state index contributed by atoms with van der Waals surface area (Å²) in [6.07, 6.45) is 5.27. The summed E-state index contributed by atoms with van der Waals surface area (Å²) in [5.41, 5.74) is 1.91. The van der Waals surface area contributed by atoms with E-state index >= 15 is 0 Å². The number of nitrogens with zero attached hydrogens (tertiary/aromatic N) is 1. The number of anilines is 1. The first-order chi connectivity index (χ1) is 10.7. The van der Waals surface area contributed by atoms with Gasteiger partial charge in [-0.1, -0.05) is 25.5 Å². The number of nitriles is 1. The summed E-state index contributed by atoms with van der Waals surface area (Å²) in [5, 5.41) is 23.2. The van der Waals surface area contributed by atoms with Crippen molar-refractivity contribution in [2.24, 2.45) is 0 Å². The predicted molar refractivity (Wildman–Crippen MR) is 87.1 cm³/mol.